The molecule has 0 aliphatic carbocycles. The highest BCUT2D eigenvalue weighted by Crippen LogP contribution is 2.31. The van der Waals surface area contributed by atoms with Crippen LogP contribution in [0.4, 0.5) is 26.2 Å². The summed E-state index contributed by atoms with van der Waals surface area (Å²) in [4.78, 5) is 19.2. The Labute approximate surface area is 223 Å². The van der Waals surface area contributed by atoms with Crippen molar-refractivity contribution < 1.29 is 8.78 Å². The summed E-state index contributed by atoms with van der Waals surface area (Å²) < 4.78 is 29.6. The van der Waals surface area contributed by atoms with Gasteiger partial charge in [0.05, 0.1) is 6.20 Å². The van der Waals surface area contributed by atoms with Gasteiger partial charge >= 0.3 is 0 Å². The fraction of sp³-hybridized carbons (Fsp3) is 0.429. The summed E-state index contributed by atoms with van der Waals surface area (Å²) in [6.45, 7) is 10.3. The monoisotopic (exact) mass is 522 g/mol. The molecule has 0 radical (unpaired) electrons. The van der Waals surface area contributed by atoms with E-state index in [2.05, 4.69) is 54.4 Å². The summed E-state index contributed by atoms with van der Waals surface area (Å²) in [6.07, 6.45) is 6.60. The Morgan fingerprint density at radius 3 is 2.79 bits per heavy atom. The van der Waals surface area contributed by atoms with E-state index in [9.17, 15) is 8.78 Å². The number of aliphatic imine (C=N–C) groups is 1. The molecule has 8 nitrogen and oxygen atoms in total. The van der Waals surface area contributed by atoms with Crippen molar-refractivity contribution in [3.8, 4) is 11.3 Å². The summed E-state index contributed by atoms with van der Waals surface area (Å²) in [5, 5.41) is 9.68. The fourth-order valence-corrected chi connectivity index (χ4v) is 4.79. The number of benzene rings is 1. The van der Waals surface area contributed by atoms with E-state index in [0.29, 0.717) is 29.4 Å². The van der Waals surface area contributed by atoms with Gasteiger partial charge in [0.15, 0.2) is 5.82 Å². The minimum absolute atomic E-state index is 0.00356. The number of hydrogen-bond acceptors (Lipinski definition) is 8. The molecule has 3 heterocycles. The Kier molecular flexibility index (Phi) is 9.80. The lowest BCUT2D eigenvalue weighted by atomic mass is 10.0. The van der Waals surface area contributed by atoms with Crippen LogP contribution in [0, 0.1) is 11.6 Å². The van der Waals surface area contributed by atoms with E-state index in [4.69, 9.17) is 0 Å². The Balaban J connectivity index is 1.47. The molecule has 0 amide bonds. The smallest absolute Gasteiger partial charge is 0.229 e. The van der Waals surface area contributed by atoms with Crippen LogP contribution in [-0.4, -0.2) is 65.8 Å². The van der Waals surface area contributed by atoms with Gasteiger partial charge in [-0.25, -0.2) is 23.7 Å². The van der Waals surface area contributed by atoms with Crippen LogP contribution in [0.15, 0.2) is 41.7 Å². The van der Waals surface area contributed by atoms with Gasteiger partial charge in [0.1, 0.15) is 23.0 Å². The lowest BCUT2D eigenvalue weighted by Gasteiger charge is -2.33. The Morgan fingerprint density at radius 2 is 2.05 bits per heavy atom. The summed E-state index contributed by atoms with van der Waals surface area (Å²) in [7, 11) is 1.85. The van der Waals surface area contributed by atoms with Crippen molar-refractivity contribution in [2.24, 2.45) is 4.99 Å². The Hall–Kier alpha value is -3.34. The highest BCUT2D eigenvalue weighted by molar-refractivity contribution is 5.68. The molecule has 1 unspecified atom stereocenters. The molecule has 1 aromatic carbocycles. The molecule has 0 bridgehead atoms. The molecule has 4 rings (SSSR count). The number of rotatable bonds is 12. The average Bonchev–Trinajstić information content (AvgIpc) is 2.91. The van der Waals surface area contributed by atoms with Crippen LogP contribution in [0.1, 0.15) is 37.3 Å². The third kappa shape index (κ3) is 7.15. The van der Waals surface area contributed by atoms with Gasteiger partial charge in [-0.1, -0.05) is 19.4 Å². The summed E-state index contributed by atoms with van der Waals surface area (Å²) >= 11 is 0. The van der Waals surface area contributed by atoms with E-state index in [1.807, 2.05) is 25.4 Å². The van der Waals surface area contributed by atoms with Gasteiger partial charge in [-0.05, 0) is 68.9 Å². The van der Waals surface area contributed by atoms with E-state index in [-0.39, 0.29) is 17.3 Å². The summed E-state index contributed by atoms with van der Waals surface area (Å²) in [6, 6.07) is 7.36. The Morgan fingerprint density at radius 1 is 1.18 bits per heavy atom. The van der Waals surface area contributed by atoms with Gasteiger partial charge < -0.3 is 16.0 Å². The first kappa shape index (κ1) is 27.7. The number of nitrogens with zero attached hydrogens (tertiary/aromatic N) is 5. The average molecular weight is 523 g/mol. The third-order valence-electron chi connectivity index (χ3n) is 6.64. The fourth-order valence-electron chi connectivity index (χ4n) is 4.79. The predicted molar refractivity (Wildman–Crippen MR) is 148 cm³/mol. The number of halogens is 2. The van der Waals surface area contributed by atoms with Crippen LogP contribution >= 0.6 is 0 Å². The molecule has 202 valence electrons. The predicted octanol–water partition coefficient (Wildman–Crippen LogP) is 4.62. The largest absolute Gasteiger partial charge is 0.320 e. The van der Waals surface area contributed by atoms with Gasteiger partial charge in [-0.15, -0.1) is 0 Å². The van der Waals surface area contributed by atoms with Crippen LogP contribution in [0.2, 0.25) is 0 Å². The molecular weight excluding hydrogens is 486 g/mol. The highest BCUT2D eigenvalue weighted by Gasteiger charge is 2.19. The lowest BCUT2D eigenvalue weighted by Crippen LogP contribution is -2.50. The molecule has 1 atom stereocenters. The van der Waals surface area contributed by atoms with E-state index in [1.165, 1.54) is 18.9 Å². The van der Waals surface area contributed by atoms with E-state index >= 15 is 0 Å². The number of pyridine rings is 1. The Bertz CT molecular complexity index is 1220. The van der Waals surface area contributed by atoms with Crippen molar-refractivity contribution in [3.63, 3.8) is 0 Å². The summed E-state index contributed by atoms with van der Waals surface area (Å²) in [5.41, 5.74) is 2.27. The zero-order chi connectivity index (χ0) is 26.9. The second kappa shape index (κ2) is 13.5. The first-order valence-corrected chi connectivity index (χ1v) is 13.1. The highest BCUT2D eigenvalue weighted by atomic mass is 19.1. The minimum Gasteiger partial charge on any atom is -0.320 e. The second-order valence-corrected chi connectivity index (χ2v) is 9.57. The molecule has 3 N–H and O–H groups in total. The number of nitrogens with one attached hydrogen (secondary N) is 3. The minimum atomic E-state index is -0.642. The van der Waals surface area contributed by atoms with Crippen molar-refractivity contribution in [2.75, 3.05) is 38.5 Å². The molecule has 1 saturated heterocycles. The van der Waals surface area contributed by atoms with Gasteiger partial charge in [0.25, 0.3) is 0 Å². The lowest BCUT2D eigenvalue weighted by molar-refractivity contribution is 0.186. The van der Waals surface area contributed by atoms with Crippen molar-refractivity contribution in [2.45, 2.75) is 45.2 Å². The molecule has 38 heavy (non-hydrogen) atoms. The maximum Gasteiger partial charge on any atom is 0.229 e. The van der Waals surface area contributed by atoms with Crippen LogP contribution in [-0.2, 0) is 13.0 Å². The number of piperazine rings is 1. The topological polar surface area (TPSA) is 90.4 Å². The first-order chi connectivity index (χ1) is 18.5. The van der Waals surface area contributed by atoms with Crippen molar-refractivity contribution in [1.82, 2.24) is 30.5 Å². The van der Waals surface area contributed by atoms with Gasteiger partial charge in [-0.3, -0.25) is 9.89 Å². The van der Waals surface area contributed by atoms with Gasteiger partial charge in [-0.2, -0.15) is 0 Å². The van der Waals surface area contributed by atoms with E-state index in [0.717, 1.165) is 50.9 Å². The van der Waals surface area contributed by atoms with Crippen LogP contribution < -0.4 is 16.0 Å². The van der Waals surface area contributed by atoms with Crippen LogP contribution in [0.3, 0.4) is 0 Å². The zero-order valence-electron chi connectivity index (χ0n) is 22.1. The molecular formula is C28H36F2N8. The molecule has 2 aromatic heterocycles. The van der Waals surface area contributed by atoms with Crippen molar-refractivity contribution in [3.05, 3.63) is 59.4 Å². The zero-order valence-corrected chi connectivity index (χ0v) is 22.1. The maximum absolute atomic E-state index is 14.8. The third-order valence-corrected chi connectivity index (χ3v) is 6.64. The first-order valence-electron chi connectivity index (χ1n) is 13.1. The van der Waals surface area contributed by atoms with Gasteiger partial charge in [0, 0.05) is 44.0 Å². The second-order valence-electron chi connectivity index (χ2n) is 9.57. The number of hydrogen-bond donors (Lipinski definition) is 3. The summed E-state index contributed by atoms with van der Waals surface area (Å²) in [5.74, 6) is -0.488. The molecule has 10 heteroatoms. The molecule has 3 aromatic rings. The quantitative estimate of drug-likeness (QED) is 0.236. The number of aryl methyl sites for hydroxylation is 1. The van der Waals surface area contributed by atoms with Gasteiger partial charge in [0.2, 0.25) is 5.95 Å². The van der Waals surface area contributed by atoms with Crippen LogP contribution in [0.25, 0.3) is 11.3 Å². The molecule has 1 aliphatic heterocycles. The molecule has 0 saturated carbocycles. The van der Waals surface area contributed by atoms with Crippen LogP contribution in [0.5, 0.6) is 0 Å². The normalized spacial score (nSPS) is 15.9. The van der Waals surface area contributed by atoms with Crippen molar-refractivity contribution >= 4 is 24.2 Å². The maximum atomic E-state index is 14.8. The molecule has 0 spiro atoms. The van der Waals surface area contributed by atoms with E-state index < -0.39 is 11.6 Å². The standard InChI is InChI=1S/C28H36F2N8/c1-4-6-22-18-38(12-11-33-22)17-19-8-9-25(34-15-19)36-28-35-16-24(30)27(37-28)21-13-20(7-5-10-31-2)26(32-3)23(29)14-21/h8-9,13-16,22,31,33H,3-7,10-12,17-18H2,1-2H3,(H,34,35,36,37). The van der Waals surface area contributed by atoms with E-state index in [1.54, 1.807) is 6.07 Å². The SMILES string of the molecule is C=Nc1c(F)cc(-c2nc(Nc3ccc(CN4CCNC(CCC)C4)cn3)ncc2F)cc1CCCNC. The molecule has 1 aliphatic rings. The number of aromatic nitrogens is 3. The van der Waals surface area contributed by atoms with Crippen molar-refractivity contribution in [1.29, 1.82) is 0 Å². The molecule has 1 fully saturated rings. The number of anilines is 2.